The van der Waals surface area contributed by atoms with Crippen molar-refractivity contribution in [1.82, 2.24) is 0 Å². The fourth-order valence-corrected chi connectivity index (χ4v) is 3.17. The molecule has 0 aliphatic heterocycles. The molecule has 3 rings (SSSR count). The number of ether oxygens (including phenoxy) is 1. The smallest absolute Gasteiger partial charge is 0.339 e. The zero-order valence-electron chi connectivity index (χ0n) is 15.7. The van der Waals surface area contributed by atoms with Gasteiger partial charge in [-0.1, -0.05) is 11.6 Å². The predicted molar refractivity (Wildman–Crippen MR) is 109 cm³/mol. The van der Waals surface area contributed by atoms with Crippen molar-refractivity contribution >= 4 is 39.9 Å². The Morgan fingerprint density at radius 1 is 1.28 bits per heavy atom. The number of methoxy groups -OCH3 is 1. The van der Waals surface area contributed by atoms with Crippen LogP contribution >= 0.6 is 11.6 Å². The van der Waals surface area contributed by atoms with Gasteiger partial charge in [-0.25, -0.2) is 4.79 Å². The van der Waals surface area contributed by atoms with Gasteiger partial charge in [-0.15, -0.1) is 0 Å². The second-order valence-electron chi connectivity index (χ2n) is 6.33. The molecule has 0 radical (unpaired) electrons. The van der Waals surface area contributed by atoms with Crippen LogP contribution in [0.4, 0.5) is 11.4 Å². The summed E-state index contributed by atoms with van der Waals surface area (Å²) in [6, 6.07) is 9.18. The maximum atomic E-state index is 12.4. The van der Waals surface area contributed by atoms with Crippen LogP contribution in [0.1, 0.15) is 17.5 Å². The lowest BCUT2D eigenvalue weighted by atomic mass is 10.0. The van der Waals surface area contributed by atoms with Crippen molar-refractivity contribution in [3.8, 4) is 5.75 Å². The molecule has 150 valence electrons. The Labute approximate surface area is 170 Å². The summed E-state index contributed by atoms with van der Waals surface area (Å²) in [5.74, 6) is 0.180. The van der Waals surface area contributed by atoms with Gasteiger partial charge in [0.05, 0.1) is 12.0 Å². The van der Waals surface area contributed by atoms with E-state index in [1.165, 1.54) is 25.3 Å². The average Bonchev–Trinajstić information content (AvgIpc) is 2.68. The molecule has 1 amide bonds. The summed E-state index contributed by atoms with van der Waals surface area (Å²) in [6.45, 7) is 1.79. The number of fused-ring (bicyclic) bond motifs is 1. The molecule has 0 aliphatic carbocycles. The molecule has 2 aromatic carbocycles. The fraction of sp³-hybridized carbons (Fsp3) is 0.200. The van der Waals surface area contributed by atoms with Gasteiger partial charge >= 0.3 is 5.63 Å². The van der Waals surface area contributed by atoms with E-state index in [0.29, 0.717) is 16.9 Å². The Morgan fingerprint density at radius 2 is 2.03 bits per heavy atom. The van der Waals surface area contributed by atoms with Crippen molar-refractivity contribution in [2.45, 2.75) is 19.8 Å². The number of nitro benzene ring substituents is 1. The van der Waals surface area contributed by atoms with Crippen molar-refractivity contribution in [3.05, 3.63) is 73.1 Å². The summed E-state index contributed by atoms with van der Waals surface area (Å²) >= 11 is 5.76. The number of hydrogen-bond acceptors (Lipinski definition) is 6. The molecule has 3 aromatic rings. The van der Waals surface area contributed by atoms with Crippen LogP contribution in [0.25, 0.3) is 11.0 Å². The number of carbonyl (C=O) groups excluding carboxylic acids is 1. The third-order valence-electron chi connectivity index (χ3n) is 4.52. The summed E-state index contributed by atoms with van der Waals surface area (Å²) in [6.07, 6.45) is 0.168. The van der Waals surface area contributed by atoms with Gasteiger partial charge in [-0.3, -0.25) is 14.9 Å². The second kappa shape index (κ2) is 8.32. The van der Waals surface area contributed by atoms with Gasteiger partial charge in [0, 0.05) is 35.2 Å². The van der Waals surface area contributed by atoms with Gasteiger partial charge in [-0.2, -0.15) is 0 Å². The normalized spacial score (nSPS) is 10.7. The maximum Gasteiger partial charge on any atom is 0.339 e. The van der Waals surface area contributed by atoms with Gasteiger partial charge in [0.1, 0.15) is 16.4 Å². The molecule has 29 heavy (non-hydrogen) atoms. The van der Waals surface area contributed by atoms with Gasteiger partial charge in [0.2, 0.25) is 5.91 Å². The summed E-state index contributed by atoms with van der Waals surface area (Å²) in [5, 5.41) is 14.3. The molecule has 8 nitrogen and oxygen atoms in total. The molecule has 0 spiro atoms. The maximum absolute atomic E-state index is 12.4. The number of benzene rings is 2. The molecular weight excluding hydrogens is 400 g/mol. The molecule has 0 saturated heterocycles. The van der Waals surface area contributed by atoms with Gasteiger partial charge in [0.25, 0.3) is 5.69 Å². The Hall–Kier alpha value is -3.39. The Morgan fingerprint density at radius 3 is 2.72 bits per heavy atom. The minimum absolute atomic E-state index is 0.00366. The highest BCUT2D eigenvalue weighted by Crippen LogP contribution is 2.28. The van der Waals surface area contributed by atoms with Crippen LogP contribution in [0.5, 0.6) is 5.75 Å². The van der Waals surface area contributed by atoms with E-state index in [2.05, 4.69) is 5.32 Å². The summed E-state index contributed by atoms with van der Waals surface area (Å²) in [5.41, 5.74) is 0.979. The van der Waals surface area contributed by atoms with E-state index in [9.17, 15) is 19.7 Å². The van der Waals surface area contributed by atoms with E-state index in [-0.39, 0.29) is 29.2 Å². The number of nitrogens with zero attached hydrogens (tertiary/aromatic N) is 1. The molecule has 0 aliphatic rings. The minimum Gasteiger partial charge on any atom is -0.497 e. The van der Waals surface area contributed by atoms with E-state index in [1.54, 1.807) is 25.1 Å². The first-order chi connectivity index (χ1) is 13.8. The lowest BCUT2D eigenvalue weighted by molar-refractivity contribution is -0.384. The molecular formula is C20H17ClN2O6. The number of halogens is 1. The number of nitro groups is 1. The van der Waals surface area contributed by atoms with E-state index in [4.69, 9.17) is 20.8 Å². The van der Waals surface area contributed by atoms with Crippen molar-refractivity contribution < 1.29 is 18.9 Å². The molecule has 0 fully saturated rings. The lowest BCUT2D eigenvalue weighted by Crippen LogP contribution is -2.16. The van der Waals surface area contributed by atoms with E-state index < -0.39 is 16.5 Å². The van der Waals surface area contributed by atoms with Crippen LogP contribution in [0.2, 0.25) is 5.02 Å². The Balaban J connectivity index is 1.77. The number of aryl methyl sites for hydroxylation is 1. The van der Waals surface area contributed by atoms with Gasteiger partial charge < -0.3 is 14.5 Å². The third kappa shape index (κ3) is 4.38. The van der Waals surface area contributed by atoms with Gasteiger partial charge in [0.15, 0.2) is 0 Å². The van der Waals surface area contributed by atoms with Crippen LogP contribution in [-0.4, -0.2) is 17.9 Å². The predicted octanol–water partition coefficient (Wildman–Crippen LogP) is 4.24. The topological polar surface area (TPSA) is 112 Å². The highest BCUT2D eigenvalue weighted by Gasteiger charge is 2.16. The molecule has 1 aromatic heterocycles. The molecule has 9 heteroatoms. The first kappa shape index (κ1) is 20.3. The average molecular weight is 417 g/mol. The van der Waals surface area contributed by atoms with Crippen LogP contribution in [-0.2, 0) is 11.2 Å². The summed E-state index contributed by atoms with van der Waals surface area (Å²) < 4.78 is 10.5. The number of rotatable bonds is 6. The van der Waals surface area contributed by atoms with Crippen LogP contribution in [0, 0.1) is 17.0 Å². The number of amides is 1. The molecule has 0 bridgehead atoms. The zero-order chi connectivity index (χ0) is 21.1. The SMILES string of the molecule is COc1ccc2c(C)c(CCC(=O)Nc3ccc(Cl)c([N+](=O)[O-])c3)c(=O)oc2c1. The van der Waals surface area contributed by atoms with E-state index in [0.717, 1.165) is 10.9 Å². The Kier molecular flexibility index (Phi) is 5.84. The zero-order valence-corrected chi connectivity index (χ0v) is 16.4. The van der Waals surface area contributed by atoms with Crippen molar-refractivity contribution in [2.75, 3.05) is 12.4 Å². The molecule has 0 atom stereocenters. The van der Waals surface area contributed by atoms with Crippen LogP contribution in [0.3, 0.4) is 0 Å². The monoisotopic (exact) mass is 416 g/mol. The standard InChI is InChI=1S/C20H17ClN2O6/c1-11-14-5-4-13(28-2)10-18(14)29-20(25)15(11)6-8-19(24)22-12-3-7-16(21)17(9-12)23(26)27/h3-5,7,9-10H,6,8H2,1-2H3,(H,22,24). The lowest BCUT2D eigenvalue weighted by Gasteiger charge is -2.09. The fourth-order valence-electron chi connectivity index (χ4n) is 2.98. The molecule has 1 heterocycles. The van der Waals surface area contributed by atoms with E-state index in [1.807, 2.05) is 0 Å². The molecule has 1 N–H and O–H groups in total. The quantitative estimate of drug-likeness (QED) is 0.365. The van der Waals surface area contributed by atoms with Crippen LogP contribution < -0.4 is 15.7 Å². The number of anilines is 1. The minimum atomic E-state index is -0.628. The second-order valence-corrected chi connectivity index (χ2v) is 6.73. The first-order valence-corrected chi connectivity index (χ1v) is 9.02. The highest BCUT2D eigenvalue weighted by atomic mass is 35.5. The third-order valence-corrected chi connectivity index (χ3v) is 4.84. The van der Waals surface area contributed by atoms with Crippen molar-refractivity contribution in [2.24, 2.45) is 0 Å². The number of carbonyl (C=O) groups is 1. The van der Waals surface area contributed by atoms with Crippen molar-refractivity contribution in [3.63, 3.8) is 0 Å². The Bertz CT molecular complexity index is 1170. The molecule has 0 unspecified atom stereocenters. The number of hydrogen-bond donors (Lipinski definition) is 1. The largest absolute Gasteiger partial charge is 0.497 e. The van der Waals surface area contributed by atoms with Crippen molar-refractivity contribution in [1.29, 1.82) is 0 Å². The van der Waals surface area contributed by atoms with Gasteiger partial charge in [-0.05, 0) is 43.2 Å². The highest BCUT2D eigenvalue weighted by molar-refractivity contribution is 6.32. The number of nitrogens with one attached hydrogen (secondary N) is 1. The van der Waals surface area contributed by atoms with Crippen LogP contribution in [0.15, 0.2) is 45.6 Å². The van der Waals surface area contributed by atoms with E-state index >= 15 is 0 Å². The molecule has 0 saturated carbocycles. The summed E-state index contributed by atoms with van der Waals surface area (Å²) in [4.78, 5) is 34.9. The first-order valence-electron chi connectivity index (χ1n) is 8.64. The summed E-state index contributed by atoms with van der Waals surface area (Å²) in [7, 11) is 1.52.